The summed E-state index contributed by atoms with van der Waals surface area (Å²) in [5.41, 5.74) is 2.13. The number of carboxylic acids is 1. The Labute approximate surface area is 126 Å². The van der Waals surface area contributed by atoms with E-state index >= 15 is 0 Å². The van der Waals surface area contributed by atoms with Crippen LogP contribution in [0.2, 0.25) is 0 Å². The van der Waals surface area contributed by atoms with E-state index in [9.17, 15) is 9.59 Å². The first-order valence-electron chi connectivity index (χ1n) is 6.32. The first kappa shape index (κ1) is 15.2. The predicted molar refractivity (Wildman–Crippen MR) is 83.4 cm³/mol. The van der Waals surface area contributed by atoms with Crippen molar-refractivity contribution in [3.63, 3.8) is 0 Å². The van der Waals surface area contributed by atoms with Crippen molar-refractivity contribution in [2.45, 2.75) is 18.7 Å². The summed E-state index contributed by atoms with van der Waals surface area (Å²) in [4.78, 5) is 27.2. The monoisotopic (exact) mass is 304 g/mol. The van der Waals surface area contributed by atoms with Gasteiger partial charge < -0.3 is 15.4 Å². The summed E-state index contributed by atoms with van der Waals surface area (Å²) in [6.07, 6.45) is 1.93. The van der Waals surface area contributed by atoms with Crippen LogP contribution in [0, 0.1) is 13.8 Å². The summed E-state index contributed by atoms with van der Waals surface area (Å²) >= 11 is 1.53. The number of aromatic amines is 1. The Balaban J connectivity index is 2.35. The molecule has 2 rings (SSSR count). The number of benzene rings is 1. The van der Waals surface area contributed by atoms with Crippen molar-refractivity contribution < 1.29 is 14.7 Å². The highest BCUT2D eigenvalue weighted by molar-refractivity contribution is 7.98. The van der Waals surface area contributed by atoms with Crippen LogP contribution in [0.5, 0.6) is 0 Å². The van der Waals surface area contributed by atoms with Gasteiger partial charge in [0.2, 0.25) is 0 Å². The molecule has 0 atom stereocenters. The first-order valence-corrected chi connectivity index (χ1v) is 7.55. The van der Waals surface area contributed by atoms with Crippen LogP contribution < -0.4 is 5.32 Å². The topological polar surface area (TPSA) is 82.2 Å². The Kier molecular flexibility index (Phi) is 4.37. The molecular weight excluding hydrogens is 288 g/mol. The molecule has 0 radical (unpaired) electrons. The number of aromatic carboxylic acids is 1. The van der Waals surface area contributed by atoms with Gasteiger partial charge in [0, 0.05) is 10.6 Å². The standard InChI is InChI=1S/C15H16N2O3S/c1-8-12(9(2)16-13(8)15(19)20)14(18)17-10-6-4-5-7-11(10)21-3/h4-7,16H,1-3H3,(H,17,18)(H,19,20). The molecule has 0 aliphatic heterocycles. The van der Waals surface area contributed by atoms with E-state index in [1.165, 1.54) is 11.8 Å². The highest BCUT2D eigenvalue weighted by Gasteiger charge is 2.21. The van der Waals surface area contributed by atoms with E-state index in [0.717, 1.165) is 4.90 Å². The smallest absolute Gasteiger partial charge is 0.352 e. The van der Waals surface area contributed by atoms with Crippen LogP contribution in [0.1, 0.15) is 32.1 Å². The SMILES string of the molecule is CSc1ccccc1NC(=O)c1c(C)[nH]c(C(=O)O)c1C. The fourth-order valence-corrected chi connectivity index (χ4v) is 2.79. The number of carbonyl (C=O) groups excluding carboxylic acids is 1. The Morgan fingerprint density at radius 2 is 1.90 bits per heavy atom. The van der Waals surface area contributed by atoms with E-state index in [2.05, 4.69) is 10.3 Å². The van der Waals surface area contributed by atoms with Crippen molar-refractivity contribution in [3.05, 3.63) is 46.8 Å². The molecule has 0 fully saturated rings. The van der Waals surface area contributed by atoms with Crippen LogP contribution in [-0.2, 0) is 0 Å². The number of H-pyrrole nitrogens is 1. The first-order chi connectivity index (χ1) is 9.95. The van der Waals surface area contributed by atoms with Crippen molar-refractivity contribution in [1.29, 1.82) is 0 Å². The minimum Gasteiger partial charge on any atom is -0.477 e. The molecule has 1 amide bonds. The fourth-order valence-electron chi connectivity index (χ4n) is 2.24. The number of anilines is 1. The Morgan fingerprint density at radius 3 is 2.48 bits per heavy atom. The summed E-state index contributed by atoms with van der Waals surface area (Å²) in [5, 5.41) is 11.9. The molecule has 0 spiro atoms. The third-order valence-electron chi connectivity index (χ3n) is 3.23. The van der Waals surface area contributed by atoms with Gasteiger partial charge in [-0.25, -0.2) is 4.79 Å². The maximum atomic E-state index is 12.4. The highest BCUT2D eigenvalue weighted by atomic mass is 32.2. The molecular formula is C15H16N2O3S. The number of thioether (sulfide) groups is 1. The number of amides is 1. The molecule has 21 heavy (non-hydrogen) atoms. The van der Waals surface area contributed by atoms with Crippen LogP contribution in [0.3, 0.4) is 0 Å². The van der Waals surface area contributed by atoms with Gasteiger partial charge in [-0.2, -0.15) is 0 Å². The van der Waals surface area contributed by atoms with E-state index in [4.69, 9.17) is 5.11 Å². The average Bonchev–Trinajstić information content (AvgIpc) is 2.74. The summed E-state index contributed by atoms with van der Waals surface area (Å²) in [5.74, 6) is -1.38. The average molecular weight is 304 g/mol. The molecule has 1 heterocycles. The van der Waals surface area contributed by atoms with Gasteiger partial charge in [0.15, 0.2) is 0 Å². The van der Waals surface area contributed by atoms with Crippen LogP contribution in [-0.4, -0.2) is 28.2 Å². The minimum atomic E-state index is -1.07. The lowest BCUT2D eigenvalue weighted by Crippen LogP contribution is -2.14. The number of carbonyl (C=O) groups is 2. The zero-order valence-corrected chi connectivity index (χ0v) is 12.8. The van der Waals surface area contributed by atoms with Gasteiger partial charge in [-0.15, -0.1) is 11.8 Å². The lowest BCUT2D eigenvalue weighted by atomic mass is 10.1. The maximum absolute atomic E-state index is 12.4. The largest absolute Gasteiger partial charge is 0.477 e. The number of nitrogens with one attached hydrogen (secondary N) is 2. The van der Waals surface area contributed by atoms with Crippen molar-refractivity contribution >= 4 is 29.3 Å². The number of aromatic nitrogens is 1. The highest BCUT2D eigenvalue weighted by Crippen LogP contribution is 2.26. The van der Waals surface area contributed by atoms with E-state index in [1.54, 1.807) is 13.8 Å². The Bertz CT molecular complexity index is 707. The molecule has 6 heteroatoms. The third-order valence-corrected chi connectivity index (χ3v) is 4.03. The van der Waals surface area contributed by atoms with Crippen LogP contribution in [0.25, 0.3) is 0 Å². The number of para-hydroxylation sites is 1. The third kappa shape index (κ3) is 2.95. The summed E-state index contributed by atoms with van der Waals surface area (Å²) < 4.78 is 0. The number of aryl methyl sites for hydroxylation is 1. The normalized spacial score (nSPS) is 10.4. The fraction of sp³-hybridized carbons (Fsp3) is 0.200. The predicted octanol–water partition coefficient (Wildman–Crippen LogP) is 3.30. The molecule has 2 aromatic rings. The van der Waals surface area contributed by atoms with E-state index in [1.807, 2.05) is 30.5 Å². The quantitative estimate of drug-likeness (QED) is 0.757. The summed E-state index contributed by atoms with van der Waals surface area (Å²) in [7, 11) is 0. The van der Waals surface area contributed by atoms with Crippen LogP contribution >= 0.6 is 11.8 Å². The Hall–Kier alpha value is -2.21. The second-order valence-corrected chi connectivity index (χ2v) is 5.43. The van der Waals surface area contributed by atoms with Crippen molar-refractivity contribution in [2.24, 2.45) is 0 Å². The molecule has 1 aromatic carbocycles. The van der Waals surface area contributed by atoms with E-state index < -0.39 is 5.97 Å². The van der Waals surface area contributed by atoms with E-state index in [-0.39, 0.29) is 11.6 Å². The van der Waals surface area contributed by atoms with Crippen LogP contribution in [0.4, 0.5) is 5.69 Å². The number of hydrogen-bond donors (Lipinski definition) is 3. The van der Waals surface area contributed by atoms with Crippen molar-refractivity contribution in [2.75, 3.05) is 11.6 Å². The number of carboxylic acid groups (broad SMARTS) is 1. The molecule has 0 aliphatic rings. The minimum absolute atomic E-state index is 0.0517. The van der Waals surface area contributed by atoms with Gasteiger partial charge in [-0.1, -0.05) is 12.1 Å². The molecule has 5 nitrogen and oxygen atoms in total. The molecule has 1 aromatic heterocycles. The molecule has 3 N–H and O–H groups in total. The lowest BCUT2D eigenvalue weighted by molar-refractivity contribution is 0.0690. The van der Waals surface area contributed by atoms with Crippen molar-refractivity contribution in [1.82, 2.24) is 4.98 Å². The molecule has 0 aliphatic carbocycles. The molecule has 0 saturated carbocycles. The van der Waals surface area contributed by atoms with Crippen LogP contribution in [0.15, 0.2) is 29.2 Å². The maximum Gasteiger partial charge on any atom is 0.352 e. The zero-order valence-electron chi connectivity index (χ0n) is 12.0. The van der Waals surface area contributed by atoms with Gasteiger partial charge in [0.1, 0.15) is 5.69 Å². The number of hydrogen-bond acceptors (Lipinski definition) is 3. The lowest BCUT2D eigenvalue weighted by Gasteiger charge is -2.09. The Morgan fingerprint density at radius 1 is 1.24 bits per heavy atom. The zero-order chi connectivity index (χ0) is 15.6. The van der Waals surface area contributed by atoms with Gasteiger partial charge in [-0.05, 0) is 37.8 Å². The summed E-state index contributed by atoms with van der Waals surface area (Å²) in [6, 6.07) is 7.48. The second kappa shape index (κ2) is 6.05. The van der Waals surface area contributed by atoms with Gasteiger partial charge in [0.25, 0.3) is 5.91 Å². The molecule has 0 saturated heterocycles. The molecule has 110 valence electrons. The van der Waals surface area contributed by atoms with Crippen molar-refractivity contribution in [3.8, 4) is 0 Å². The van der Waals surface area contributed by atoms with Gasteiger partial charge in [-0.3, -0.25) is 4.79 Å². The van der Waals surface area contributed by atoms with E-state index in [0.29, 0.717) is 22.5 Å². The van der Waals surface area contributed by atoms with Gasteiger partial charge >= 0.3 is 5.97 Å². The molecule has 0 bridgehead atoms. The second-order valence-electron chi connectivity index (χ2n) is 4.58. The molecule has 0 unspecified atom stereocenters. The summed E-state index contributed by atoms with van der Waals surface area (Å²) in [6.45, 7) is 3.32. The van der Waals surface area contributed by atoms with Gasteiger partial charge in [0.05, 0.1) is 11.3 Å². The number of rotatable bonds is 4.